The molecule has 7 heteroatoms. The van der Waals surface area contributed by atoms with E-state index >= 15 is 0 Å². The predicted molar refractivity (Wildman–Crippen MR) is 73.1 cm³/mol. The molecule has 0 unspecified atom stereocenters. The number of rotatable bonds is 4. The van der Waals surface area contributed by atoms with E-state index in [1.807, 2.05) is 0 Å². The number of carbonyl (C=O) groups is 1. The van der Waals surface area contributed by atoms with E-state index in [0.717, 1.165) is 38.9 Å². The van der Waals surface area contributed by atoms with Gasteiger partial charge in [0, 0.05) is 39.3 Å². The topological polar surface area (TPSA) is 57.3 Å². The van der Waals surface area contributed by atoms with Gasteiger partial charge >= 0.3 is 0 Å². The molecule has 2 N–H and O–H groups in total. The number of nitrogens with zero attached hydrogens (tertiary/aromatic N) is 2. The van der Waals surface area contributed by atoms with Crippen LogP contribution in [0.15, 0.2) is 18.3 Å². The molecule has 2 rings (SSSR count). The normalized spacial score (nSPS) is 15.6. The largest absolute Gasteiger partial charge is 0.349 e. The number of hydrogen-bond donors (Lipinski definition) is 2. The smallest absolute Gasteiger partial charge is 0.269 e. The summed E-state index contributed by atoms with van der Waals surface area (Å²) in [6.07, 6.45) is 1.05. The first-order chi connectivity index (χ1) is 8.75. The third-order valence-electron chi connectivity index (χ3n) is 2.88. The Morgan fingerprint density at radius 2 is 2.16 bits per heavy atom. The Kier molecular flexibility index (Phi) is 6.69. The van der Waals surface area contributed by atoms with Gasteiger partial charge in [-0.3, -0.25) is 9.69 Å². The number of hydrogen-bond acceptors (Lipinski definition) is 4. The lowest BCUT2D eigenvalue weighted by Crippen LogP contribution is -2.46. The Bertz CT molecular complexity index is 395. The van der Waals surface area contributed by atoms with Gasteiger partial charge < -0.3 is 10.6 Å². The molecule has 1 fully saturated rings. The zero-order valence-electron chi connectivity index (χ0n) is 10.6. The maximum Gasteiger partial charge on any atom is 0.269 e. The average Bonchev–Trinajstić information content (AvgIpc) is 2.40. The number of carbonyl (C=O) groups excluding carboxylic acids is 1. The monoisotopic (exact) mass is 288 g/mol. The molecule has 0 saturated carbocycles. The van der Waals surface area contributed by atoms with Crippen molar-refractivity contribution in [3.8, 4) is 0 Å². The highest BCUT2D eigenvalue weighted by Crippen LogP contribution is 1.98. The molecule has 0 aromatic carbocycles. The standard InChI is InChI=1S/C12H17FN4O.ClH/c13-10-1-2-11(16-9-10)12(18)15-5-8-17-6-3-14-4-7-17;/h1-2,9,14H,3-8H2,(H,15,18);1H. The van der Waals surface area contributed by atoms with Crippen molar-refractivity contribution in [1.29, 1.82) is 0 Å². The molecule has 106 valence electrons. The van der Waals surface area contributed by atoms with Gasteiger partial charge in [0.2, 0.25) is 0 Å². The first-order valence-electron chi connectivity index (χ1n) is 6.08. The van der Waals surface area contributed by atoms with Crippen LogP contribution in [0.25, 0.3) is 0 Å². The van der Waals surface area contributed by atoms with Crippen molar-refractivity contribution in [2.45, 2.75) is 0 Å². The summed E-state index contributed by atoms with van der Waals surface area (Å²) in [5.74, 6) is -0.697. The SMILES string of the molecule is Cl.O=C(NCCN1CCNCC1)c1ccc(F)cn1. The van der Waals surface area contributed by atoms with E-state index in [1.165, 1.54) is 12.1 Å². The van der Waals surface area contributed by atoms with E-state index in [4.69, 9.17) is 0 Å². The van der Waals surface area contributed by atoms with Gasteiger partial charge in [0.15, 0.2) is 0 Å². The van der Waals surface area contributed by atoms with Crippen LogP contribution in [0.3, 0.4) is 0 Å². The summed E-state index contributed by atoms with van der Waals surface area (Å²) in [6.45, 7) is 5.41. The summed E-state index contributed by atoms with van der Waals surface area (Å²) < 4.78 is 12.6. The number of nitrogens with one attached hydrogen (secondary N) is 2. The minimum atomic E-state index is -0.438. The number of aromatic nitrogens is 1. The second kappa shape index (κ2) is 8.04. The molecule has 1 saturated heterocycles. The Morgan fingerprint density at radius 3 is 2.79 bits per heavy atom. The maximum atomic E-state index is 12.6. The minimum Gasteiger partial charge on any atom is -0.349 e. The van der Waals surface area contributed by atoms with Crippen molar-refractivity contribution in [2.24, 2.45) is 0 Å². The molecule has 0 aliphatic carbocycles. The Labute approximate surface area is 118 Å². The van der Waals surface area contributed by atoms with Crippen LogP contribution in [0.5, 0.6) is 0 Å². The van der Waals surface area contributed by atoms with Gasteiger partial charge in [0.25, 0.3) is 5.91 Å². The van der Waals surface area contributed by atoms with Crippen LogP contribution in [0.4, 0.5) is 4.39 Å². The van der Waals surface area contributed by atoms with E-state index < -0.39 is 5.82 Å². The van der Waals surface area contributed by atoms with Crippen molar-refractivity contribution in [3.63, 3.8) is 0 Å². The Morgan fingerprint density at radius 1 is 1.42 bits per heavy atom. The molecule has 19 heavy (non-hydrogen) atoms. The molecule has 1 aliphatic rings. The quantitative estimate of drug-likeness (QED) is 0.835. The van der Waals surface area contributed by atoms with Gasteiger partial charge in [-0.2, -0.15) is 0 Å². The Hall–Kier alpha value is -1.24. The van der Waals surface area contributed by atoms with Crippen molar-refractivity contribution < 1.29 is 9.18 Å². The number of piperazine rings is 1. The van der Waals surface area contributed by atoms with Crippen molar-refractivity contribution in [2.75, 3.05) is 39.3 Å². The van der Waals surface area contributed by atoms with Crippen molar-refractivity contribution in [1.82, 2.24) is 20.5 Å². The van der Waals surface area contributed by atoms with Crippen LogP contribution in [-0.4, -0.2) is 55.1 Å². The molecule has 1 aromatic heterocycles. The first-order valence-corrected chi connectivity index (χ1v) is 6.08. The van der Waals surface area contributed by atoms with Gasteiger partial charge in [-0.25, -0.2) is 9.37 Å². The fraction of sp³-hybridized carbons (Fsp3) is 0.500. The van der Waals surface area contributed by atoms with Crippen LogP contribution in [0.1, 0.15) is 10.5 Å². The summed E-state index contributed by atoms with van der Waals surface area (Å²) >= 11 is 0. The predicted octanol–water partition coefficient (Wildman–Crippen LogP) is 0.277. The lowest BCUT2D eigenvalue weighted by atomic mass is 10.3. The third-order valence-corrected chi connectivity index (χ3v) is 2.88. The van der Waals surface area contributed by atoms with Crippen LogP contribution < -0.4 is 10.6 Å². The zero-order valence-corrected chi connectivity index (χ0v) is 11.4. The molecule has 0 bridgehead atoms. The minimum absolute atomic E-state index is 0. The van der Waals surface area contributed by atoms with Crippen LogP contribution in [0, 0.1) is 5.82 Å². The first kappa shape index (κ1) is 15.8. The fourth-order valence-corrected chi connectivity index (χ4v) is 1.86. The van der Waals surface area contributed by atoms with Gasteiger partial charge in [0.05, 0.1) is 6.20 Å². The lowest BCUT2D eigenvalue weighted by molar-refractivity contribution is 0.0942. The van der Waals surface area contributed by atoms with Crippen LogP contribution in [-0.2, 0) is 0 Å². The highest BCUT2D eigenvalue weighted by atomic mass is 35.5. The van der Waals surface area contributed by atoms with Gasteiger partial charge in [-0.15, -0.1) is 12.4 Å². The molecule has 0 atom stereocenters. The highest BCUT2D eigenvalue weighted by molar-refractivity contribution is 5.92. The third kappa shape index (κ3) is 5.10. The van der Waals surface area contributed by atoms with Crippen LogP contribution in [0.2, 0.25) is 0 Å². The number of amides is 1. The number of pyridine rings is 1. The van der Waals surface area contributed by atoms with Crippen molar-refractivity contribution in [3.05, 3.63) is 29.8 Å². The molecule has 1 aliphatic heterocycles. The summed E-state index contributed by atoms with van der Waals surface area (Å²) in [6, 6.07) is 2.62. The Balaban J connectivity index is 0.00000180. The molecule has 1 amide bonds. The zero-order chi connectivity index (χ0) is 12.8. The maximum absolute atomic E-state index is 12.6. The van der Waals surface area contributed by atoms with Gasteiger partial charge in [-0.1, -0.05) is 0 Å². The lowest BCUT2D eigenvalue weighted by Gasteiger charge is -2.27. The molecular formula is C12H18ClFN4O. The van der Waals surface area contributed by atoms with E-state index in [1.54, 1.807) is 0 Å². The molecule has 1 aromatic rings. The highest BCUT2D eigenvalue weighted by Gasteiger charge is 2.10. The van der Waals surface area contributed by atoms with E-state index in [9.17, 15) is 9.18 Å². The van der Waals surface area contributed by atoms with Gasteiger partial charge in [-0.05, 0) is 12.1 Å². The summed E-state index contributed by atoms with van der Waals surface area (Å²) in [5.41, 5.74) is 0.247. The average molecular weight is 289 g/mol. The molecular weight excluding hydrogens is 271 g/mol. The second-order valence-electron chi connectivity index (χ2n) is 4.21. The number of halogens is 2. The second-order valence-corrected chi connectivity index (χ2v) is 4.21. The van der Waals surface area contributed by atoms with E-state index in [0.29, 0.717) is 6.54 Å². The molecule has 0 spiro atoms. The van der Waals surface area contributed by atoms with Crippen molar-refractivity contribution >= 4 is 18.3 Å². The van der Waals surface area contributed by atoms with Crippen LogP contribution >= 0.6 is 12.4 Å². The molecule has 0 radical (unpaired) electrons. The summed E-state index contributed by atoms with van der Waals surface area (Å²) in [5, 5.41) is 6.05. The molecule has 2 heterocycles. The van der Waals surface area contributed by atoms with Gasteiger partial charge in [0.1, 0.15) is 11.5 Å². The summed E-state index contributed by atoms with van der Waals surface area (Å²) in [4.78, 5) is 17.7. The fourth-order valence-electron chi connectivity index (χ4n) is 1.86. The molecule has 5 nitrogen and oxygen atoms in total. The summed E-state index contributed by atoms with van der Waals surface area (Å²) in [7, 11) is 0. The van der Waals surface area contributed by atoms with E-state index in [-0.39, 0.29) is 24.0 Å². The van der Waals surface area contributed by atoms with E-state index in [2.05, 4.69) is 20.5 Å².